The van der Waals surface area contributed by atoms with Crippen LogP contribution in [0.3, 0.4) is 0 Å². The molecule has 1 aromatic carbocycles. The highest BCUT2D eigenvalue weighted by molar-refractivity contribution is 7.19. The number of amides is 1. The molecule has 4 heterocycles. The van der Waals surface area contributed by atoms with Crippen molar-refractivity contribution in [2.24, 2.45) is 0 Å². The molecule has 0 spiro atoms. The maximum absolute atomic E-state index is 12.6. The van der Waals surface area contributed by atoms with Crippen molar-refractivity contribution in [3.63, 3.8) is 0 Å². The summed E-state index contributed by atoms with van der Waals surface area (Å²) in [4.78, 5) is 35.3. The van der Waals surface area contributed by atoms with Crippen molar-refractivity contribution < 1.29 is 9.53 Å². The van der Waals surface area contributed by atoms with Crippen LogP contribution in [-0.2, 0) is 6.54 Å². The van der Waals surface area contributed by atoms with Gasteiger partial charge in [0.2, 0.25) is 4.96 Å². The minimum absolute atomic E-state index is 0.0909. The number of benzene rings is 1. The molecule has 32 heavy (non-hydrogen) atoms. The van der Waals surface area contributed by atoms with Crippen LogP contribution in [0.15, 0.2) is 52.6 Å². The van der Waals surface area contributed by atoms with E-state index in [4.69, 9.17) is 4.74 Å². The van der Waals surface area contributed by atoms with Crippen molar-refractivity contribution in [1.82, 2.24) is 24.4 Å². The van der Waals surface area contributed by atoms with Gasteiger partial charge in [-0.1, -0.05) is 17.4 Å². The van der Waals surface area contributed by atoms with Crippen LogP contribution in [0.4, 0.5) is 0 Å². The summed E-state index contributed by atoms with van der Waals surface area (Å²) in [7, 11) is 1.62. The third-order valence-electron chi connectivity index (χ3n) is 5.41. The number of methoxy groups -OCH3 is 1. The van der Waals surface area contributed by atoms with E-state index in [1.165, 1.54) is 27.2 Å². The number of carbonyl (C=O) groups is 1. The highest BCUT2D eigenvalue weighted by Gasteiger charge is 2.23. The number of ether oxygens (including phenoxy) is 1. The fraction of sp³-hybridized carbons (Fsp3) is 0.273. The first-order valence-electron chi connectivity index (χ1n) is 10.2. The molecular weight excluding hydrogens is 446 g/mol. The molecule has 1 amide bonds. The molecule has 3 aromatic heterocycles. The third-order valence-corrected chi connectivity index (χ3v) is 7.23. The minimum atomic E-state index is -0.187. The first kappa shape index (κ1) is 20.8. The van der Waals surface area contributed by atoms with E-state index in [-0.39, 0.29) is 11.5 Å². The second-order valence-corrected chi connectivity index (χ2v) is 9.37. The van der Waals surface area contributed by atoms with Crippen LogP contribution in [0.1, 0.15) is 15.4 Å². The smallest absolute Gasteiger partial charge is 0.275 e. The molecule has 5 rings (SSSR count). The molecular formula is C22H21N5O3S2. The number of fused-ring (bicyclic) bond motifs is 1. The Kier molecular flexibility index (Phi) is 5.73. The van der Waals surface area contributed by atoms with E-state index in [0.29, 0.717) is 24.6 Å². The van der Waals surface area contributed by atoms with Gasteiger partial charge in [-0.25, -0.2) is 4.98 Å². The summed E-state index contributed by atoms with van der Waals surface area (Å²) in [6.45, 7) is 3.40. The van der Waals surface area contributed by atoms with Gasteiger partial charge >= 0.3 is 0 Å². The normalized spacial score (nSPS) is 14.7. The van der Waals surface area contributed by atoms with Crippen molar-refractivity contribution in [2.75, 3.05) is 33.3 Å². The summed E-state index contributed by atoms with van der Waals surface area (Å²) in [6, 6.07) is 12.9. The molecule has 0 unspecified atom stereocenters. The minimum Gasteiger partial charge on any atom is -0.497 e. The SMILES string of the molecule is COc1ccc(-c2nn3c(=O)cc(CN4CCN(C(=O)c5cccs5)CC4)nc3s2)cc1. The van der Waals surface area contributed by atoms with Crippen LogP contribution in [0.2, 0.25) is 0 Å². The van der Waals surface area contributed by atoms with Crippen molar-refractivity contribution in [2.45, 2.75) is 6.54 Å². The number of hydrogen-bond donors (Lipinski definition) is 0. The zero-order chi connectivity index (χ0) is 22.1. The van der Waals surface area contributed by atoms with Crippen LogP contribution in [0.25, 0.3) is 15.5 Å². The van der Waals surface area contributed by atoms with Gasteiger partial charge in [-0.05, 0) is 35.7 Å². The predicted molar refractivity (Wildman–Crippen MR) is 125 cm³/mol. The number of piperazine rings is 1. The van der Waals surface area contributed by atoms with Gasteiger partial charge in [0, 0.05) is 44.4 Å². The lowest BCUT2D eigenvalue weighted by molar-refractivity contribution is 0.0632. The summed E-state index contributed by atoms with van der Waals surface area (Å²) in [5.41, 5.74) is 1.44. The molecule has 1 aliphatic heterocycles. The maximum atomic E-state index is 12.6. The van der Waals surface area contributed by atoms with Gasteiger partial charge in [0.15, 0.2) is 0 Å². The maximum Gasteiger partial charge on any atom is 0.275 e. The molecule has 164 valence electrons. The number of hydrogen-bond acceptors (Lipinski definition) is 8. The number of thiophene rings is 1. The van der Waals surface area contributed by atoms with Crippen LogP contribution in [0.5, 0.6) is 5.75 Å². The fourth-order valence-electron chi connectivity index (χ4n) is 3.68. The topological polar surface area (TPSA) is 80.0 Å². The average molecular weight is 468 g/mol. The van der Waals surface area contributed by atoms with Gasteiger partial charge in [-0.2, -0.15) is 9.61 Å². The molecule has 4 aromatic rings. The molecule has 1 saturated heterocycles. The largest absolute Gasteiger partial charge is 0.497 e. The van der Waals surface area contributed by atoms with Crippen molar-refractivity contribution >= 4 is 33.5 Å². The lowest BCUT2D eigenvalue weighted by Gasteiger charge is -2.34. The second kappa shape index (κ2) is 8.81. The van der Waals surface area contributed by atoms with Crippen LogP contribution < -0.4 is 10.3 Å². The van der Waals surface area contributed by atoms with Gasteiger partial charge in [0.05, 0.1) is 17.7 Å². The highest BCUT2D eigenvalue weighted by atomic mass is 32.1. The number of nitrogens with zero attached hydrogens (tertiary/aromatic N) is 5. The first-order chi connectivity index (χ1) is 15.6. The Hall–Kier alpha value is -3.08. The van der Waals surface area contributed by atoms with E-state index < -0.39 is 0 Å². The summed E-state index contributed by atoms with van der Waals surface area (Å²) in [5, 5.41) is 7.09. The van der Waals surface area contributed by atoms with Crippen LogP contribution in [-0.4, -0.2) is 63.6 Å². The Bertz CT molecular complexity index is 1290. The number of aromatic nitrogens is 3. The van der Waals surface area contributed by atoms with E-state index in [2.05, 4.69) is 15.0 Å². The molecule has 10 heteroatoms. The number of rotatable bonds is 5. The Morgan fingerprint density at radius 2 is 1.91 bits per heavy atom. The predicted octanol–water partition coefficient (Wildman–Crippen LogP) is 2.85. The monoisotopic (exact) mass is 467 g/mol. The van der Waals surface area contributed by atoms with E-state index in [1.54, 1.807) is 13.2 Å². The van der Waals surface area contributed by atoms with Crippen molar-refractivity contribution in [3.05, 3.63) is 68.8 Å². The standard InChI is InChI=1S/C22H21N5O3S2/c1-30-17-6-4-15(5-7-17)20-24-27-19(28)13-16(23-22(27)32-20)14-25-8-10-26(11-9-25)21(29)18-3-2-12-31-18/h2-7,12-13H,8-11,14H2,1H3. The summed E-state index contributed by atoms with van der Waals surface area (Å²) < 4.78 is 6.55. The molecule has 0 saturated carbocycles. The Labute approximate surface area is 192 Å². The molecule has 1 aliphatic rings. The van der Waals surface area contributed by atoms with E-state index in [1.807, 2.05) is 46.7 Å². The lowest BCUT2D eigenvalue weighted by atomic mass is 10.2. The fourth-order valence-corrected chi connectivity index (χ4v) is 5.30. The zero-order valence-electron chi connectivity index (χ0n) is 17.4. The van der Waals surface area contributed by atoms with Crippen LogP contribution in [0, 0.1) is 0 Å². The Balaban J connectivity index is 1.29. The molecule has 0 atom stereocenters. The lowest BCUT2D eigenvalue weighted by Crippen LogP contribution is -2.48. The molecule has 0 N–H and O–H groups in total. The van der Waals surface area contributed by atoms with Gasteiger partial charge in [-0.15, -0.1) is 11.3 Å². The summed E-state index contributed by atoms with van der Waals surface area (Å²) in [6.07, 6.45) is 0. The highest BCUT2D eigenvalue weighted by Crippen LogP contribution is 2.26. The van der Waals surface area contributed by atoms with Gasteiger partial charge in [-0.3, -0.25) is 14.5 Å². The van der Waals surface area contributed by atoms with Gasteiger partial charge in [0.25, 0.3) is 11.5 Å². The number of carbonyl (C=O) groups excluding carboxylic acids is 1. The molecule has 0 bridgehead atoms. The second-order valence-electron chi connectivity index (χ2n) is 7.46. The van der Waals surface area contributed by atoms with E-state index >= 15 is 0 Å². The Morgan fingerprint density at radius 3 is 2.59 bits per heavy atom. The van der Waals surface area contributed by atoms with Crippen molar-refractivity contribution in [1.29, 1.82) is 0 Å². The molecule has 0 radical (unpaired) electrons. The molecule has 8 nitrogen and oxygen atoms in total. The van der Waals surface area contributed by atoms with E-state index in [9.17, 15) is 9.59 Å². The van der Waals surface area contributed by atoms with Crippen molar-refractivity contribution in [3.8, 4) is 16.3 Å². The molecule has 1 fully saturated rings. The van der Waals surface area contributed by atoms with E-state index in [0.717, 1.165) is 40.0 Å². The van der Waals surface area contributed by atoms with Gasteiger partial charge < -0.3 is 9.64 Å². The Morgan fingerprint density at radius 1 is 1.12 bits per heavy atom. The average Bonchev–Trinajstić information content (AvgIpc) is 3.50. The quantitative estimate of drug-likeness (QED) is 0.449. The third kappa shape index (κ3) is 4.16. The molecule has 0 aliphatic carbocycles. The summed E-state index contributed by atoms with van der Waals surface area (Å²) in [5.74, 6) is 0.859. The summed E-state index contributed by atoms with van der Waals surface area (Å²) >= 11 is 2.86. The first-order valence-corrected chi connectivity index (χ1v) is 11.9. The van der Waals surface area contributed by atoms with Crippen LogP contribution >= 0.6 is 22.7 Å². The zero-order valence-corrected chi connectivity index (χ0v) is 19.1. The van der Waals surface area contributed by atoms with Gasteiger partial charge in [0.1, 0.15) is 10.8 Å².